The predicted molar refractivity (Wildman–Crippen MR) is 92.6 cm³/mol. The van der Waals surface area contributed by atoms with E-state index in [2.05, 4.69) is 0 Å². The van der Waals surface area contributed by atoms with E-state index in [9.17, 15) is 14.4 Å². The van der Waals surface area contributed by atoms with Gasteiger partial charge in [-0.3, -0.25) is 18.7 Å². The van der Waals surface area contributed by atoms with Gasteiger partial charge in [-0.25, -0.2) is 4.79 Å². The van der Waals surface area contributed by atoms with Crippen molar-refractivity contribution < 1.29 is 4.79 Å². The van der Waals surface area contributed by atoms with E-state index in [4.69, 9.17) is 5.73 Å². The molecule has 2 N–H and O–H groups in total. The third-order valence-corrected chi connectivity index (χ3v) is 4.65. The van der Waals surface area contributed by atoms with Crippen LogP contribution >= 0.6 is 0 Å². The largest absolute Gasteiger partial charge is 0.384 e. The number of fused-ring (bicyclic) bond motifs is 1. The van der Waals surface area contributed by atoms with E-state index in [1.165, 1.54) is 19.7 Å². The van der Waals surface area contributed by atoms with E-state index in [0.717, 1.165) is 21.2 Å². The summed E-state index contributed by atoms with van der Waals surface area (Å²) in [5.41, 5.74) is 6.72. The smallest absolute Gasteiger partial charge is 0.332 e. The first-order valence-electron chi connectivity index (χ1n) is 7.76. The quantitative estimate of drug-likeness (QED) is 0.819. The summed E-state index contributed by atoms with van der Waals surface area (Å²) < 4.78 is 2.03. The molecule has 0 fully saturated rings. The van der Waals surface area contributed by atoms with Crippen molar-refractivity contribution in [2.24, 2.45) is 14.1 Å². The average Bonchev–Trinajstić information content (AvgIpc) is 2.87. The Morgan fingerprint density at radius 3 is 2.58 bits per heavy atom. The summed E-state index contributed by atoms with van der Waals surface area (Å²) in [6.07, 6.45) is 0.851. The van der Waals surface area contributed by atoms with Gasteiger partial charge in [0.05, 0.1) is 6.54 Å². The maximum absolute atomic E-state index is 12.8. The van der Waals surface area contributed by atoms with Crippen LogP contribution in [0.1, 0.15) is 22.8 Å². The number of nitrogens with zero attached hydrogens (tertiary/aromatic N) is 3. The first-order valence-corrected chi connectivity index (χ1v) is 7.76. The summed E-state index contributed by atoms with van der Waals surface area (Å²) >= 11 is 0. The van der Waals surface area contributed by atoms with Crippen molar-refractivity contribution in [1.29, 1.82) is 0 Å². The molecule has 0 aliphatic carbocycles. The van der Waals surface area contributed by atoms with Gasteiger partial charge in [-0.1, -0.05) is 18.2 Å². The molecule has 7 heteroatoms. The zero-order valence-corrected chi connectivity index (χ0v) is 13.9. The number of carbonyl (C=O) groups is 1. The van der Waals surface area contributed by atoms with Crippen LogP contribution in [0.2, 0.25) is 0 Å². The molecule has 2 heterocycles. The zero-order valence-electron chi connectivity index (χ0n) is 13.9. The second-order valence-corrected chi connectivity index (χ2v) is 6.20. The molecule has 126 valence electrons. The van der Waals surface area contributed by atoms with Gasteiger partial charge in [0, 0.05) is 25.8 Å². The molecule has 0 spiro atoms. The molecular weight excluding hydrogens is 308 g/mol. The average molecular weight is 328 g/mol. The topological polar surface area (TPSA) is 90.3 Å². The number of carbonyl (C=O) groups excluding carboxylic acids is 1. The number of para-hydroxylation sites is 1. The predicted octanol–water partition coefficient (Wildman–Crippen LogP) is 0.300. The first kappa shape index (κ1) is 16.0. The Morgan fingerprint density at radius 1 is 1.21 bits per heavy atom. The molecule has 0 saturated heterocycles. The van der Waals surface area contributed by atoms with E-state index in [0.29, 0.717) is 0 Å². The number of ketones is 1. The van der Waals surface area contributed by atoms with Crippen molar-refractivity contribution >= 4 is 17.3 Å². The summed E-state index contributed by atoms with van der Waals surface area (Å²) in [5, 5.41) is 0. The third-order valence-electron chi connectivity index (χ3n) is 4.65. The van der Waals surface area contributed by atoms with Crippen LogP contribution in [0.25, 0.3) is 0 Å². The minimum atomic E-state index is -0.652. The van der Waals surface area contributed by atoms with Gasteiger partial charge in [0.1, 0.15) is 11.4 Å². The van der Waals surface area contributed by atoms with E-state index in [1.54, 1.807) is 0 Å². The maximum atomic E-state index is 12.8. The van der Waals surface area contributed by atoms with Crippen molar-refractivity contribution in [1.82, 2.24) is 9.13 Å². The zero-order chi connectivity index (χ0) is 17.6. The Hall–Kier alpha value is -2.83. The number of nitrogen functional groups attached to an aromatic ring is 1. The molecule has 2 aromatic rings. The standard InChI is InChI=1S/C17H20N4O3/c1-10-8-11-6-4-5-7-12(11)21(10)9-13(22)14-15(18)19(2)17(24)20(3)16(14)23/h4-7,10H,8-9,18H2,1-3H3/t10-/m0/s1. The summed E-state index contributed by atoms with van der Waals surface area (Å²) in [4.78, 5) is 38.9. The number of anilines is 2. The van der Waals surface area contributed by atoms with Crippen LogP contribution < -0.4 is 21.9 Å². The van der Waals surface area contributed by atoms with E-state index in [-0.39, 0.29) is 29.8 Å². The molecule has 1 aromatic heterocycles. The highest BCUT2D eigenvalue weighted by Crippen LogP contribution is 2.31. The molecule has 3 rings (SSSR count). The molecule has 0 saturated carbocycles. The second-order valence-electron chi connectivity index (χ2n) is 6.20. The number of rotatable bonds is 3. The lowest BCUT2D eigenvalue weighted by Crippen LogP contribution is -2.44. The number of aromatic nitrogens is 2. The molecule has 7 nitrogen and oxygen atoms in total. The van der Waals surface area contributed by atoms with Crippen LogP contribution in [0.15, 0.2) is 33.9 Å². The Morgan fingerprint density at radius 2 is 1.88 bits per heavy atom. The van der Waals surface area contributed by atoms with Gasteiger partial charge in [-0.2, -0.15) is 0 Å². The summed E-state index contributed by atoms with van der Waals surface area (Å²) in [6.45, 7) is 2.09. The summed E-state index contributed by atoms with van der Waals surface area (Å²) in [6, 6.07) is 8.06. The first-order chi connectivity index (χ1) is 11.3. The second kappa shape index (κ2) is 5.67. The van der Waals surface area contributed by atoms with Crippen LogP contribution in [0.3, 0.4) is 0 Å². The highest BCUT2D eigenvalue weighted by molar-refractivity contribution is 6.02. The number of hydrogen-bond acceptors (Lipinski definition) is 5. The fourth-order valence-corrected chi connectivity index (χ4v) is 3.23. The van der Waals surface area contributed by atoms with E-state index >= 15 is 0 Å². The normalized spacial score (nSPS) is 16.3. The Kier molecular flexibility index (Phi) is 3.79. The molecule has 0 radical (unpaired) electrons. The van der Waals surface area contributed by atoms with Gasteiger partial charge in [0.2, 0.25) is 0 Å². The molecule has 0 unspecified atom stereocenters. The maximum Gasteiger partial charge on any atom is 0.332 e. The number of benzene rings is 1. The molecular formula is C17H20N4O3. The Balaban J connectivity index is 2.01. The molecule has 1 aromatic carbocycles. The Bertz CT molecular complexity index is 942. The van der Waals surface area contributed by atoms with Crippen LogP contribution in [0.4, 0.5) is 11.5 Å². The van der Waals surface area contributed by atoms with Gasteiger partial charge in [-0.15, -0.1) is 0 Å². The van der Waals surface area contributed by atoms with Crippen LogP contribution in [0.5, 0.6) is 0 Å². The van der Waals surface area contributed by atoms with E-state index < -0.39 is 11.2 Å². The highest BCUT2D eigenvalue weighted by Gasteiger charge is 2.29. The van der Waals surface area contributed by atoms with Gasteiger partial charge >= 0.3 is 5.69 Å². The van der Waals surface area contributed by atoms with Crippen molar-refractivity contribution in [3.8, 4) is 0 Å². The SMILES string of the molecule is C[C@H]1Cc2ccccc2N1CC(=O)c1c(N)n(C)c(=O)n(C)c1=O. The van der Waals surface area contributed by atoms with Crippen LogP contribution in [-0.2, 0) is 20.5 Å². The molecule has 1 aliphatic rings. The summed E-state index contributed by atoms with van der Waals surface area (Å²) in [5.74, 6) is -0.472. The lowest BCUT2D eigenvalue weighted by Gasteiger charge is -2.24. The molecule has 1 aliphatic heterocycles. The monoisotopic (exact) mass is 328 g/mol. The molecule has 0 amide bonds. The molecule has 1 atom stereocenters. The number of nitrogens with two attached hydrogens (primary N) is 1. The number of Topliss-reactive ketones (excluding diaryl/α,β-unsaturated/α-hetero) is 1. The lowest BCUT2D eigenvalue weighted by atomic mass is 10.1. The lowest BCUT2D eigenvalue weighted by molar-refractivity contribution is 0.0995. The minimum Gasteiger partial charge on any atom is -0.384 e. The molecule has 0 bridgehead atoms. The minimum absolute atomic E-state index is 0.0514. The van der Waals surface area contributed by atoms with Gasteiger partial charge < -0.3 is 10.6 Å². The van der Waals surface area contributed by atoms with Gasteiger partial charge in [0.25, 0.3) is 5.56 Å². The third kappa shape index (κ3) is 2.33. The van der Waals surface area contributed by atoms with Crippen molar-refractivity contribution in [3.63, 3.8) is 0 Å². The van der Waals surface area contributed by atoms with Crippen LogP contribution in [0, 0.1) is 0 Å². The van der Waals surface area contributed by atoms with Gasteiger partial charge in [-0.05, 0) is 25.0 Å². The Labute approximate surface area is 138 Å². The highest BCUT2D eigenvalue weighted by atomic mass is 16.2. The van der Waals surface area contributed by atoms with E-state index in [1.807, 2.05) is 36.1 Å². The van der Waals surface area contributed by atoms with Crippen molar-refractivity contribution in [3.05, 3.63) is 56.2 Å². The fraction of sp³-hybridized carbons (Fsp3) is 0.353. The summed E-state index contributed by atoms with van der Waals surface area (Å²) in [7, 11) is 2.79. The molecule has 24 heavy (non-hydrogen) atoms. The van der Waals surface area contributed by atoms with Crippen molar-refractivity contribution in [2.75, 3.05) is 17.2 Å². The van der Waals surface area contributed by atoms with Crippen LogP contribution in [-0.4, -0.2) is 27.5 Å². The fourth-order valence-electron chi connectivity index (χ4n) is 3.23. The van der Waals surface area contributed by atoms with Gasteiger partial charge in [0.15, 0.2) is 5.78 Å². The number of hydrogen-bond donors (Lipinski definition) is 1. The van der Waals surface area contributed by atoms with Crippen molar-refractivity contribution in [2.45, 2.75) is 19.4 Å².